The van der Waals surface area contributed by atoms with Gasteiger partial charge in [-0.05, 0) is 38.3 Å². The molecule has 0 aromatic heterocycles. The van der Waals surface area contributed by atoms with Crippen LogP contribution >= 0.6 is 0 Å². The number of piperidine rings is 1. The van der Waals surface area contributed by atoms with Crippen LogP contribution < -0.4 is 0 Å². The zero-order valence-corrected chi connectivity index (χ0v) is 11.1. The molecular formula is C13H25NO3. The quantitative estimate of drug-likeness (QED) is 0.504. The molecule has 0 atom stereocenters. The zero-order valence-electron chi connectivity index (χ0n) is 11.1. The Morgan fingerprint density at radius 3 is 2.65 bits per heavy atom. The van der Waals surface area contributed by atoms with E-state index >= 15 is 0 Å². The van der Waals surface area contributed by atoms with Crippen molar-refractivity contribution in [1.29, 1.82) is 0 Å². The van der Waals surface area contributed by atoms with E-state index in [2.05, 4.69) is 11.8 Å². The molecule has 4 nitrogen and oxygen atoms in total. The van der Waals surface area contributed by atoms with Crippen LogP contribution in [0.1, 0.15) is 32.6 Å². The van der Waals surface area contributed by atoms with Gasteiger partial charge in [-0.3, -0.25) is 9.69 Å². The molecule has 0 N–H and O–H groups in total. The number of carbonyl (C=O) groups is 1. The fourth-order valence-corrected chi connectivity index (χ4v) is 2.11. The summed E-state index contributed by atoms with van der Waals surface area (Å²) in [4.78, 5) is 13.7. The molecule has 17 heavy (non-hydrogen) atoms. The molecule has 1 aliphatic rings. The van der Waals surface area contributed by atoms with Crippen molar-refractivity contribution in [1.82, 2.24) is 4.90 Å². The Morgan fingerprint density at radius 2 is 2.06 bits per heavy atom. The van der Waals surface area contributed by atoms with Crippen molar-refractivity contribution in [2.45, 2.75) is 32.6 Å². The number of nitrogens with zero attached hydrogens (tertiary/aromatic N) is 1. The van der Waals surface area contributed by atoms with E-state index in [0.717, 1.165) is 45.4 Å². The fourth-order valence-electron chi connectivity index (χ4n) is 2.11. The van der Waals surface area contributed by atoms with E-state index < -0.39 is 0 Å². The lowest BCUT2D eigenvalue weighted by molar-refractivity contribution is -0.145. The van der Waals surface area contributed by atoms with Crippen molar-refractivity contribution < 1.29 is 14.3 Å². The van der Waals surface area contributed by atoms with Gasteiger partial charge in [0.1, 0.15) is 0 Å². The normalized spacial score (nSPS) is 18.2. The highest BCUT2D eigenvalue weighted by Crippen LogP contribution is 2.16. The molecule has 4 heteroatoms. The highest BCUT2D eigenvalue weighted by molar-refractivity contribution is 5.71. The summed E-state index contributed by atoms with van der Waals surface area (Å²) < 4.78 is 10.3. The second-order valence-corrected chi connectivity index (χ2v) is 4.75. The second-order valence-electron chi connectivity index (χ2n) is 4.75. The SMILES string of the molecule is CCCCOC(=O)CN1CCC(COC)CC1. The summed E-state index contributed by atoms with van der Waals surface area (Å²) in [6.45, 7) is 5.91. The van der Waals surface area contributed by atoms with Crippen molar-refractivity contribution in [3.8, 4) is 0 Å². The maximum Gasteiger partial charge on any atom is 0.320 e. The molecule has 0 aromatic rings. The van der Waals surface area contributed by atoms with E-state index in [9.17, 15) is 4.79 Å². The van der Waals surface area contributed by atoms with Gasteiger partial charge in [0, 0.05) is 13.7 Å². The first kappa shape index (κ1) is 14.5. The molecule has 0 saturated carbocycles. The lowest BCUT2D eigenvalue weighted by atomic mass is 9.98. The third kappa shape index (κ3) is 6.03. The minimum Gasteiger partial charge on any atom is -0.465 e. The van der Waals surface area contributed by atoms with Crippen LogP contribution in [0.2, 0.25) is 0 Å². The molecule has 0 bridgehead atoms. The van der Waals surface area contributed by atoms with Gasteiger partial charge < -0.3 is 9.47 Å². The van der Waals surface area contributed by atoms with Crippen molar-refractivity contribution in [3.63, 3.8) is 0 Å². The maximum atomic E-state index is 11.5. The minimum absolute atomic E-state index is 0.0800. The molecule has 0 aliphatic carbocycles. The molecule has 0 amide bonds. The predicted molar refractivity (Wildman–Crippen MR) is 66.9 cm³/mol. The third-order valence-electron chi connectivity index (χ3n) is 3.22. The lowest BCUT2D eigenvalue weighted by Gasteiger charge is -2.30. The fraction of sp³-hybridized carbons (Fsp3) is 0.923. The van der Waals surface area contributed by atoms with Gasteiger partial charge in [0.25, 0.3) is 0 Å². The predicted octanol–water partition coefficient (Wildman–Crippen LogP) is 1.69. The van der Waals surface area contributed by atoms with Gasteiger partial charge in [0.05, 0.1) is 13.2 Å². The number of carbonyl (C=O) groups excluding carboxylic acids is 1. The number of unbranched alkanes of at least 4 members (excludes halogenated alkanes) is 1. The van der Waals surface area contributed by atoms with Crippen molar-refractivity contribution in [3.05, 3.63) is 0 Å². The first-order valence-electron chi connectivity index (χ1n) is 6.63. The Kier molecular flexibility index (Phi) is 7.21. The van der Waals surface area contributed by atoms with Gasteiger partial charge in [0.15, 0.2) is 0 Å². The van der Waals surface area contributed by atoms with Gasteiger partial charge in [-0.1, -0.05) is 13.3 Å². The van der Waals surface area contributed by atoms with Gasteiger partial charge in [-0.15, -0.1) is 0 Å². The van der Waals surface area contributed by atoms with Crippen LogP contribution in [-0.2, 0) is 14.3 Å². The Hall–Kier alpha value is -0.610. The topological polar surface area (TPSA) is 38.8 Å². The van der Waals surface area contributed by atoms with E-state index in [1.165, 1.54) is 0 Å². The highest BCUT2D eigenvalue weighted by Gasteiger charge is 2.20. The number of rotatable bonds is 7. The number of methoxy groups -OCH3 is 1. The van der Waals surface area contributed by atoms with Crippen molar-refractivity contribution in [2.75, 3.05) is 40.0 Å². The molecule has 1 heterocycles. The average Bonchev–Trinajstić information content (AvgIpc) is 2.32. The Bertz CT molecular complexity index is 213. The van der Waals surface area contributed by atoms with Crippen LogP contribution in [0.25, 0.3) is 0 Å². The summed E-state index contributed by atoms with van der Waals surface area (Å²) in [5.41, 5.74) is 0. The molecule has 1 fully saturated rings. The number of likely N-dealkylation sites (tertiary alicyclic amines) is 1. The first-order chi connectivity index (χ1) is 8.26. The van der Waals surface area contributed by atoms with Crippen LogP contribution in [0, 0.1) is 5.92 Å². The Balaban J connectivity index is 2.10. The summed E-state index contributed by atoms with van der Waals surface area (Å²) in [5, 5.41) is 0. The van der Waals surface area contributed by atoms with Crippen LogP contribution in [0.15, 0.2) is 0 Å². The molecule has 0 unspecified atom stereocenters. The van der Waals surface area contributed by atoms with E-state index in [1.54, 1.807) is 7.11 Å². The summed E-state index contributed by atoms with van der Waals surface area (Å²) in [6, 6.07) is 0. The summed E-state index contributed by atoms with van der Waals surface area (Å²) in [7, 11) is 1.75. The van der Waals surface area contributed by atoms with Crippen LogP contribution in [-0.4, -0.2) is 50.8 Å². The number of esters is 1. The number of hydrogen-bond acceptors (Lipinski definition) is 4. The van der Waals surface area contributed by atoms with E-state index in [4.69, 9.17) is 9.47 Å². The van der Waals surface area contributed by atoms with E-state index in [1.807, 2.05) is 0 Å². The Labute approximate surface area is 104 Å². The van der Waals surface area contributed by atoms with E-state index in [-0.39, 0.29) is 5.97 Å². The molecule has 100 valence electrons. The molecule has 0 radical (unpaired) electrons. The third-order valence-corrected chi connectivity index (χ3v) is 3.22. The van der Waals surface area contributed by atoms with E-state index in [0.29, 0.717) is 19.1 Å². The van der Waals surface area contributed by atoms with Crippen LogP contribution in [0.3, 0.4) is 0 Å². The largest absolute Gasteiger partial charge is 0.465 e. The molecule has 1 aliphatic heterocycles. The standard InChI is InChI=1S/C13H25NO3/c1-3-4-9-17-13(15)10-14-7-5-12(6-8-14)11-16-2/h12H,3-11H2,1-2H3. The average molecular weight is 243 g/mol. The summed E-state index contributed by atoms with van der Waals surface area (Å²) in [5.74, 6) is 0.580. The molecule has 0 spiro atoms. The minimum atomic E-state index is -0.0800. The van der Waals surface area contributed by atoms with Crippen molar-refractivity contribution in [2.24, 2.45) is 5.92 Å². The molecular weight excluding hydrogens is 218 g/mol. The molecule has 1 saturated heterocycles. The molecule has 1 rings (SSSR count). The van der Waals surface area contributed by atoms with Gasteiger partial charge in [0.2, 0.25) is 0 Å². The van der Waals surface area contributed by atoms with Crippen LogP contribution in [0.5, 0.6) is 0 Å². The van der Waals surface area contributed by atoms with Gasteiger partial charge >= 0.3 is 5.97 Å². The van der Waals surface area contributed by atoms with Gasteiger partial charge in [-0.25, -0.2) is 0 Å². The second kappa shape index (κ2) is 8.48. The summed E-state index contributed by atoms with van der Waals surface area (Å²) >= 11 is 0. The first-order valence-corrected chi connectivity index (χ1v) is 6.63. The van der Waals surface area contributed by atoms with Gasteiger partial charge in [-0.2, -0.15) is 0 Å². The Morgan fingerprint density at radius 1 is 1.35 bits per heavy atom. The molecule has 0 aromatic carbocycles. The smallest absolute Gasteiger partial charge is 0.320 e. The number of ether oxygens (including phenoxy) is 2. The number of hydrogen-bond donors (Lipinski definition) is 0. The maximum absolute atomic E-state index is 11.5. The lowest BCUT2D eigenvalue weighted by Crippen LogP contribution is -2.38. The van der Waals surface area contributed by atoms with Crippen LogP contribution in [0.4, 0.5) is 0 Å². The van der Waals surface area contributed by atoms with Crippen molar-refractivity contribution >= 4 is 5.97 Å². The monoisotopic (exact) mass is 243 g/mol. The highest BCUT2D eigenvalue weighted by atomic mass is 16.5. The summed E-state index contributed by atoms with van der Waals surface area (Å²) in [6.07, 6.45) is 4.27. The zero-order chi connectivity index (χ0) is 12.5.